The van der Waals surface area contributed by atoms with Gasteiger partial charge < -0.3 is 11.1 Å². The summed E-state index contributed by atoms with van der Waals surface area (Å²) in [6.45, 7) is 0.346. The first-order valence-corrected chi connectivity index (χ1v) is 8.80. The number of hydrogen-bond acceptors (Lipinski definition) is 4. The van der Waals surface area contributed by atoms with Crippen LogP contribution < -0.4 is 16.7 Å². The van der Waals surface area contributed by atoms with E-state index in [1.807, 2.05) is 30.3 Å². The quantitative estimate of drug-likeness (QED) is 0.716. The maximum Gasteiger partial charge on any atom is 0.350 e. The highest BCUT2D eigenvalue weighted by atomic mass is 35.5. The van der Waals surface area contributed by atoms with Crippen LogP contribution in [0.5, 0.6) is 0 Å². The summed E-state index contributed by atoms with van der Waals surface area (Å²) >= 11 is 0. The SMILES string of the molecule is Cl.NC1CCC(C(=O)Nc2cccc(Cn3nc4ccccn4c3=O)c2)C1. The molecule has 2 unspecified atom stereocenters. The zero-order valence-electron chi connectivity index (χ0n) is 14.7. The summed E-state index contributed by atoms with van der Waals surface area (Å²) in [6.07, 6.45) is 4.17. The van der Waals surface area contributed by atoms with Crippen LogP contribution in [0.15, 0.2) is 53.5 Å². The van der Waals surface area contributed by atoms with E-state index in [1.54, 1.807) is 18.3 Å². The van der Waals surface area contributed by atoms with E-state index in [2.05, 4.69) is 10.4 Å². The molecule has 0 radical (unpaired) electrons. The number of pyridine rings is 1. The van der Waals surface area contributed by atoms with Gasteiger partial charge in [0.25, 0.3) is 0 Å². The summed E-state index contributed by atoms with van der Waals surface area (Å²) in [7, 11) is 0. The third-order valence-electron chi connectivity index (χ3n) is 4.86. The lowest BCUT2D eigenvalue weighted by Gasteiger charge is -2.11. The number of fused-ring (bicyclic) bond motifs is 1. The van der Waals surface area contributed by atoms with Crippen molar-refractivity contribution in [1.82, 2.24) is 14.2 Å². The number of anilines is 1. The predicted octanol–water partition coefficient (Wildman–Crippen LogP) is 2.03. The third-order valence-corrected chi connectivity index (χ3v) is 4.86. The average Bonchev–Trinajstić information content (AvgIpc) is 3.20. The fraction of sp³-hybridized carbons (Fsp3) is 0.316. The largest absolute Gasteiger partial charge is 0.350 e. The summed E-state index contributed by atoms with van der Waals surface area (Å²) in [6, 6.07) is 13.1. The van der Waals surface area contributed by atoms with Gasteiger partial charge in [0.1, 0.15) is 0 Å². The Bertz CT molecular complexity index is 1010. The van der Waals surface area contributed by atoms with Gasteiger partial charge >= 0.3 is 5.69 Å². The molecule has 2 atom stereocenters. The highest BCUT2D eigenvalue weighted by molar-refractivity contribution is 5.92. The zero-order chi connectivity index (χ0) is 18.1. The van der Waals surface area contributed by atoms with Gasteiger partial charge in [-0.15, -0.1) is 17.5 Å². The molecule has 4 rings (SSSR count). The molecule has 27 heavy (non-hydrogen) atoms. The van der Waals surface area contributed by atoms with Gasteiger partial charge in [0.05, 0.1) is 6.54 Å². The highest BCUT2D eigenvalue weighted by Gasteiger charge is 2.27. The van der Waals surface area contributed by atoms with Crippen LogP contribution in [-0.4, -0.2) is 26.1 Å². The molecule has 0 saturated heterocycles. The first-order chi connectivity index (χ1) is 12.6. The summed E-state index contributed by atoms with van der Waals surface area (Å²) in [5.74, 6) is -0.00490. The number of benzene rings is 1. The average molecular weight is 388 g/mol. The highest BCUT2D eigenvalue weighted by Crippen LogP contribution is 2.25. The van der Waals surface area contributed by atoms with Crippen molar-refractivity contribution < 1.29 is 4.79 Å². The second-order valence-corrected chi connectivity index (χ2v) is 6.83. The van der Waals surface area contributed by atoms with Crippen LogP contribution in [0.1, 0.15) is 24.8 Å². The van der Waals surface area contributed by atoms with E-state index < -0.39 is 0 Å². The van der Waals surface area contributed by atoms with Crippen LogP contribution >= 0.6 is 12.4 Å². The second-order valence-electron chi connectivity index (χ2n) is 6.83. The smallest absolute Gasteiger partial charge is 0.328 e. The molecule has 0 bridgehead atoms. The molecule has 1 saturated carbocycles. The monoisotopic (exact) mass is 387 g/mol. The summed E-state index contributed by atoms with van der Waals surface area (Å²) in [5, 5.41) is 7.30. The summed E-state index contributed by atoms with van der Waals surface area (Å²) in [5.41, 5.74) is 7.94. The van der Waals surface area contributed by atoms with E-state index in [0.29, 0.717) is 12.2 Å². The van der Waals surface area contributed by atoms with Crippen LogP contribution in [0.2, 0.25) is 0 Å². The minimum Gasteiger partial charge on any atom is -0.328 e. The summed E-state index contributed by atoms with van der Waals surface area (Å²) in [4.78, 5) is 24.7. The van der Waals surface area contributed by atoms with Crippen LogP contribution in [0.25, 0.3) is 5.65 Å². The van der Waals surface area contributed by atoms with E-state index in [4.69, 9.17) is 5.73 Å². The predicted molar refractivity (Wildman–Crippen MR) is 106 cm³/mol. The standard InChI is InChI=1S/C19H21N5O2.ClH/c20-15-8-7-14(11-15)18(25)21-16-5-3-4-13(10-16)12-24-19(26)23-9-2-1-6-17(23)22-24;/h1-6,9-10,14-15H,7-8,11-12,20H2,(H,21,25);1H. The van der Waals surface area contributed by atoms with Crippen molar-refractivity contribution in [2.24, 2.45) is 11.7 Å². The maximum atomic E-state index is 12.4. The van der Waals surface area contributed by atoms with Gasteiger partial charge in [0.2, 0.25) is 5.91 Å². The Morgan fingerprint density at radius 2 is 2.07 bits per heavy atom. The molecule has 1 fully saturated rings. The number of nitrogens with one attached hydrogen (secondary N) is 1. The molecule has 3 N–H and O–H groups in total. The molecule has 3 aromatic rings. The lowest BCUT2D eigenvalue weighted by Crippen LogP contribution is -2.23. The lowest BCUT2D eigenvalue weighted by atomic mass is 10.1. The molecular formula is C19H22ClN5O2. The second kappa shape index (κ2) is 7.94. The number of nitrogens with two attached hydrogens (primary N) is 1. The van der Waals surface area contributed by atoms with Crippen molar-refractivity contribution in [3.63, 3.8) is 0 Å². The minimum absolute atomic E-state index is 0. The lowest BCUT2D eigenvalue weighted by molar-refractivity contribution is -0.119. The Hall–Kier alpha value is -2.64. The van der Waals surface area contributed by atoms with Gasteiger partial charge in [0.15, 0.2) is 5.65 Å². The van der Waals surface area contributed by atoms with Crippen molar-refractivity contribution in [2.45, 2.75) is 31.8 Å². The normalized spacial score (nSPS) is 19.0. The zero-order valence-corrected chi connectivity index (χ0v) is 15.6. The number of rotatable bonds is 4. The minimum atomic E-state index is -0.185. The fourth-order valence-corrected chi connectivity index (χ4v) is 3.49. The first kappa shape index (κ1) is 19.1. The molecule has 0 spiro atoms. The van der Waals surface area contributed by atoms with E-state index in [9.17, 15) is 9.59 Å². The maximum absolute atomic E-state index is 12.4. The van der Waals surface area contributed by atoms with E-state index >= 15 is 0 Å². The number of carbonyl (C=O) groups is 1. The number of amides is 1. The fourth-order valence-electron chi connectivity index (χ4n) is 3.49. The molecular weight excluding hydrogens is 366 g/mol. The molecule has 142 valence electrons. The van der Waals surface area contributed by atoms with Gasteiger partial charge in [0, 0.05) is 23.8 Å². The third kappa shape index (κ3) is 4.04. The van der Waals surface area contributed by atoms with Gasteiger partial charge in [-0.05, 0) is 49.1 Å². The molecule has 7 nitrogen and oxygen atoms in total. The molecule has 2 heterocycles. The number of halogens is 1. The van der Waals surface area contributed by atoms with Crippen molar-refractivity contribution in [3.05, 3.63) is 64.7 Å². The molecule has 2 aromatic heterocycles. The van der Waals surface area contributed by atoms with Gasteiger partial charge in [-0.1, -0.05) is 18.2 Å². The van der Waals surface area contributed by atoms with Crippen molar-refractivity contribution in [3.8, 4) is 0 Å². The van der Waals surface area contributed by atoms with Gasteiger partial charge in [-0.2, -0.15) is 0 Å². The number of aromatic nitrogens is 3. The molecule has 0 aliphatic heterocycles. The van der Waals surface area contributed by atoms with Crippen LogP contribution in [0, 0.1) is 5.92 Å². The van der Waals surface area contributed by atoms with Crippen LogP contribution in [0.3, 0.4) is 0 Å². The Balaban J connectivity index is 0.00000210. The van der Waals surface area contributed by atoms with Crippen molar-refractivity contribution in [1.29, 1.82) is 0 Å². The van der Waals surface area contributed by atoms with E-state index in [1.165, 1.54) is 9.08 Å². The molecule has 1 aliphatic rings. The molecule has 8 heteroatoms. The molecule has 1 aromatic carbocycles. The Morgan fingerprint density at radius 3 is 2.81 bits per heavy atom. The van der Waals surface area contributed by atoms with Gasteiger partial charge in [-0.25, -0.2) is 9.48 Å². The Labute approximate surface area is 162 Å². The van der Waals surface area contributed by atoms with Crippen molar-refractivity contribution >= 4 is 29.6 Å². The van der Waals surface area contributed by atoms with Crippen LogP contribution in [0.4, 0.5) is 5.69 Å². The van der Waals surface area contributed by atoms with Crippen LogP contribution in [-0.2, 0) is 11.3 Å². The Morgan fingerprint density at radius 1 is 1.22 bits per heavy atom. The summed E-state index contributed by atoms with van der Waals surface area (Å²) < 4.78 is 2.93. The number of carbonyl (C=O) groups excluding carboxylic acids is 1. The van der Waals surface area contributed by atoms with Crippen molar-refractivity contribution in [2.75, 3.05) is 5.32 Å². The van der Waals surface area contributed by atoms with E-state index in [-0.39, 0.29) is 36.0 Å². The molecule has 1 amide bonds. The topological polar surface area (TPSA) is 94.4 Å². The Kier molecular flexibility index (Phi) is 5.62. The molecule has 1 aliphatic carbocycles. The van der Waals surface area contributed by atoms with Gasteiger partial charge in [-0.3, -0.25) is 9.20 Å². The number of hydrogen-bond donors (Lipinski definition) is 2. The first-order valence-electron chi connectivity index (χ1n) is 8.80. The number of nitrogens with zero attached hydrogens (tertiary/aromatic N) is 3. The van der Waals surface area contributed by atoms with E-state index in [0.717, 1.165) is 30.5 Å².